The Morgan fingerprint density at radius 3 is 2.40 bits per heavy atom. The lowest BCUT2D eigenvalue weighted by Crippen LogP contribution is -2.60. The summed E-state index contributed by atoms with van der Waals surface area (Å²) in [6.45, 7) is 11.8. The maximum absolute atomic E-state index is 11.2. The monoisotopic (exact) mass is 498 g/mol. The zero-order valence-electron chi connectivity index (χ0n) is 20.7. The molecule has 4 fully saturated rings. The summed E-state index contributed by atoms with van der Waals surface area (Å²) in [5.41, 5.74) is 0.301. The first-order valence-electron chi connectivity index (χ1n) is 12.7. The fraction of sp³-hybridized carbons (Fsp3) is 0.846. The van der Waals surface area contributed by atoms with Crippen LogP contribution in [0, 0.1) is 28.6 Å². The van der Waals surface area contributed by atoms with Crippen molar-refractivity contribution in [3.05, 3.63) is 24.3 Å². The minimum absolute atomic E-state index is 0.0254. The van der Waals surface area contributed by atoms with E-state index in [1.165, 1.54) is 0 Å². The highest BCUT2D eigenvalue weighted by molar-refractivity contribution is 5.22. The van der Waals surface area contributed by atoms with Gasteiger partial charge in [-0.25, -0.2) is 0 Å². The van der Waals surface area contributed by atoms with Crippen LogP contribution in [0.4, 0.5) is 0 Å². The lowest BCUT2D eigenvalue weighted by Gasteiger charge is -2.57. The third-order valence-corrected chi connectivity index (χ3v) is 9.81. The molecule has 0 bridgehead atoms. The number of aliphatic hydroxyl groups is 7. The summed E-state index contributed by atoms with van der Waals surface area (Å²) >= 11 is 0. The molecule has 1 saturated heterocycles. The van der Waals surface area contributed by atoms with Crippen LogP contribution < -0.4 is 0 Å². The van der Waals surface area contributed by atoms with Crippen LogP contribution in [0.2, 0.25) is 0 Å². The lowest BCUT2D eigenvalue weighted by atomic mass is 9.49. The summed E-state index contributed by atoms with van der Waals surface area (Å²) in [4.78, 5) is 0. The van der Waals surface area contributed by atoms with Crippen molar-refractivity contribution >= 4 is 0 Å². The van der Waals surface area contributed by atoms with E-state index in [-0.39, 0.29) is 29.8 Å². The van der Waals surface area contributed by atoms with Gasteiger partial charge in [0.05, 0.1) is 25.4 Å². The Morgan fingerprint density at radius 1 is 1.06 bits per heavy atom. The van der Waals surface area contributed by atoms with Gasteiger partial charge in [-0.15, -0.1) is 0 Å². The van der Waals surface area contributed by atoms with Crippen LogP contribution in [0.15, 0.2) is 24.3 Å². The Labute approximate surface area is 206 Å². The molecular weight excluding hydrogens is 456 g/mol. The van der Waals surface area contributed by atoms with E-state index in [9.17, 15) is 35.7 Å². The number of fused-ring (bicyclic) bond motifs is 3. The number of ether oxygens (including phenoxy) is 2. The van der Waals surface area contributed by atoms with Gasteiger partial charge in [0.1, 0.15) is 30.5 Å². The van der Waals surface area contributed by atoms with Crippen LogP contribution >= 0.6 is 0 Å². The summed E-state index contributed by atoms with van der Waals surface area (Å²) in [6, 6.07) is 0. The third-order valence-electron chi connectivity index (χ3n) is 9.81. The van der Waals surface area contributed by atoms with Gasteiger partial charge >= 0.3 is 0 Å². The molecule has 9 nitrogen and oxygen atoms in total. The van der Waals surface area contributed by atoms with Gasteiger partial charge in [-0.1, -0.05) is 27.0 Å². The second kappa shape index (κ2) is 9.78. The first kappa shape index (κ1) is 27.2. The quantitative estimate of drug-likeness (QED) is 0.256. The van der Waals surface area contributed by atoms with E-state index in [0.29, 0.717) is 24.8 Å². The smallest absolute Gasteiger partial charge is 0.187 e. The molecule has 35 heavy (non-hydrogen) atoms. The van der Waals surface area contributed by atoms with Crippen molar-refractivity contribution in [2.75, 3.05) is 13.2 Å². The highest BCUT2D eigenvalue weighted by atomic mass is 16.7. The molecule has 9 heteroatoms. The summed E-state index contributed by atoms with van der Waals surface area (Å²) in [5, 5.41) is 72.8. The fourth-order valence-electron chi connectivity index (χ4n) is 7.54. The van der Waals surface area contributed by atoms with Crippen LogP contribution in [-0.2, 0) is 9.47 Å². The van der Waals surface area contributed by atoms with Gasteiger partial charge in [0.2, 0.25) is 0 Å². The normalized spacial score (nSPS) is 52.5. The molecule has 1 aliphatic heterocycles. The molecule has 0 amide bonds. The minimum Gasteiger partial charge on any atom is -0.394 e. The van der Waals surface area contributed by atoms with E-state index in [2.05, 4.69) is 20.1 Å². The predicted molar refractivity (Wildman–Crippen MR) is 126 cm³/mol. The Hall–Kier alpha value is -0.880. The molecule has 13 atom stereocenters. The SMILES string of the molecule is C=C1CC[C@H]2[C@@H]3[C@H](C(=C)CO[C@@H]4O[C@H](CO)[C@@H](O)[C@H](O)[C@H]4O)CC[C@@]3(C)C[C@@H](O)[C@]2(C)[C@@H](O)[C@@H]1O. The molecule has 1 heterocycles. The molecule has 0 aromatic heterocycles. The number of rotatable bonds is 5. The Bertz CT molecular complexity index is 817. The predicted octanol–water partition coefficient (Wildman–Crippen LogP) is -0.150. The third kappa shape index (κ3) is 4.32. The summed E-state index contributed by atoms with van der Waals surface area (Å²) < 4.78 is 11.3. The van der Waals surface area contributed by atoms with Gasteiger partial charge in [0, 0.05) is 5.41 Å². The van der Waals surface area contributed by atoms with Crippen molar-refractivity contribution in [2.45, 2.75) is 95.0 Å². The molecule has 4 aliphatic rings. The molecule has 0 spiro atoms. The van der Waals surface area contributed by atoms with E-state index in [0.717, 1.165) is 18.4 Å². The zero-order chi connectivity index (χ0) is 25.9. The minimum atomic E-state index is -1.51. The molecule has 7 N–H and O–H groups in total. The molecule has 3 aliphatic carbocycles. The summed E-state index contributed by atoms with van der Waals surface area (Å²) in [6.07, 6.45) is -6.21. The number of aliphatic hydroxyl groups excluding tert-OH is 7. The van der Waals surface area contributed by atoms with Crippen molar-refractivity contribution in [1.29, 1.82) is 0 Å². The Kier molecular flexibility index (Phi) is 7.59. The Balaban J connectivity index is 1.53. The highest BCUT2D eigenvalue weighted by Gasteiger charge is 2.64. The lowest BCUT2D eigenvalue weighted by molar-refractivity contribution is -0.299. The number of hydrogen-bond donors (Lipinski definition) is 7. The van der Waals surface area contributed by atoms with Crippen LogP contribution in [0.5, 0.6) is 0 Å². The van der Waals surface area contributed by atoms with Crippen molar-refractivity contribution in [1.82, 2.24) is 0 Å². The largest absolute Gasteiger partial charge is 0.394 e. The van der Waals surface area contributed by atoms with Gasteiger partial charge in [-0.3, -0.25) is 0 Å². The van der Waals surface area contributed by atoms with Crippen LogP contribution in [0.3, 0.4) is 0 Å². The summed E-state index contributed by atoms with van der Waals surface area (Å²) in [7, 11) is 0. The molecule has 0 unspecified atom stereocenters. The fourth-order valence-corrected chi connectivity index (χ4v) is 7.54. The molecule has 200 valence electrons. The van der Waals surface area contributed by atoms with E-state index in [1.807, 2.05) is 6.92 Å². The molecular formula is C26H42O9. The van der Waals surface area contributed by atoms with Crippen LogP contribution in [0.25, 0.3) is 0 Å². The first-order chi connectivity index (χ1) is 16.4. The van der Waals surface area contributed by atoms with Crippen molar-refractivity contribution in [3.63, 3.8) is 0 Å². The van der Waals surface area contributed by atoms with Gasteiger partial charge in [-0.05, 0) is 66.4 Å². The van der Waals surface area contributed by atoms with Gasteiger partial charge < -0.3 is 45.2 Å². The molecule has 4 rings (SSSR count). The maximum atomic E-state index is 11.2. The van der Waals surface area contributed by atoms with Gasteiger partial charge in [-0.2, -0.15) is 0 Å². The van der Waals surface area contributed by atoms with E-state index in [1.54, 1.807) is 0 Å². The summed E-state index contributed by atoms with van der Waals surface area (Å²) in [5.74, 6) is 0.0450. The average Bonchev–Trinajstić information content (AvgIpc) is 3.13. The average molecular weight is 499 g/mol. The maximum Gasteiger partial charge on any atom is 0.187 e. The molecule has 0 aromatic carbocycles. The van der Waals surface area contributed by atoms with Gasteiger partial charge in [0.25, 0.3) is 0 Å². The first-order valence-corrected chi connectivity index (χ1v) is 12.7. The standard InChI is InChI=1S/C26H42O9/c1-12-5-6-15-18-14(7-8-25(18,3)9-17(28)26(15,4)23(33)19(12)29)13(2)11-34-24-22(32)21(31)20(30)16(10-27)35-24/h14-24,27-33H,1-2,5-11H2,3-4H3/t14-,15-,16+,17+,18-,19+,20+,21-,22+,23-,24+,25-,26+/m0/s1. The zero-order valence-corrected chi connectivity index (χ0v) is 20.7. The van der Waals surface area contributed by atoms with Crippen LogP contribution in [0.1, 0.15) is 46.0 Å². The van der Waals surface area contributed by atoms with Crippen molar-refractivity contribution in [3.8, 4) is 0 Å². The van der Waals surface area contributed by atoms with Crippen LogP contribution in [-0.4, -0.2) is 98.0 Å². The van der Waals surface area contributed by atoms with Crippen molar-refractivity contribution < 1.29 is 45.2 Å². The second-order valence-electron chi connectivity index (χ2n) is 11.8. The molecule has 0 aromatic rings. The van der Waals surface area contributed by atoms with Gasteiger partial charge in [0.15, 0.2) is 6.29 Å². The molecule has 3 saturated carbocycles. The second-order valence-corrected chi connectivity index (χ2v) is 11.8. The number of hydrogen-bond acceptors (Lipinski definition) is 9. The van der Waals surface area contributed by atoms with E-state index in [4.69, 9.17) is 9.47 Å². The molecule has 0 radical (unpaired) electrons. The topological polar surface area (TPSA) is 160 Å². The van der Waals surface area contributed by atoms with E-state index >= 15 is 0 Å². The van der Waals surface area contributed by atoms with E-state index < -0.39 is 61.0 Å². The van der Waals surface area contributed by atoms with Crippen molar-refractivity contribution in [2.24, 2.45) is 28.6 Å². The highest BCUT2D eigenvalue weighted by Crippen LogP contribution is 2.65. The Morgan fingerprint density at radius 2 is 1.74 bits per heavy atom.